The number of carbonyl (C=O) groups excluding carboxylic acids is 2. The van der Waals surface area contributed by atoms with Crippen molar-refractivity contribution in [3.8, 4) is 0 Å². The van der Waals surface area contributed by atoms with Gasteiger partial charge in [0.1, 0.15) is 0 Å². The minimum absolute atomic E-state index is 0.0593. The van der Waals surface area contributed by atoms with E-state index in [1.165, 1.54) is 29.4 Å². The Hall–Kier alpha value is -2.42. The molecule has 9 heteroatoms. The highest BCUT2D eigenvalue weighted by Gasteiger charge is 2.23. The second kappa shape index (κ2) is 9.39. The Balaban J connectivity index is 2.33. The fourth-order valence-corrected chi connectivity index (χ4v) is 4.52. The highest BCUT2D eigenvalue weighted by atomic mass is 35.5. The van der Waals surface area contributed by atoms with Crippen LogP contribution in [0.2, 0.25) is 5.02 Å². The van der Waals surface area contributed by atoms with Gasteiger partial charge in [-0.3, -0.25) is 9.59 Å². The van der Waals surface area contributed by atoms with Gasteiger partial charge in [0, 0.05) is 31.3 Å². The lowest BCUT2D eigenvalue weighted by Gasteiger charge is -2.19. The lowest BCUT2D eigenvalue weighted by Crippen LogP contribution is -2.30. The van der Waals surface area contributed by atoms with E-state index < -0.39 is 15.9 Å². The van der Waals surface area contributed by atoms with Crippen molar-refractivity contribution in [2.24, 2.45) is 0 Å². The first-order valence-corrected chi connectivity index (χ1v) is 10.9. The average Bonchev–Trinajstić information content (AvgIpc) is 2.64. The Kier molecular flexibility index (Phi) is 7.40. The van der Waals surface area contributed by atoms with Crippen LogP contribution < -0.4 is 10.6 Å². The first kappa shape index (κ1) is 22.9. The summed E-state index contributed by atoms with van der Waals surface area (Å²) < 4.78 is 26.8. The number of carbonyl (C=O) groups is 2. The van der Waals surface area contributed by atoms with Gasteiger partial charge in [-0.1, -0.05) is 31.5 Å². The fourth-order valence-electron chi connectivity index (χ4n) is 2.81. The highest BCUT2D eigenvalue weighted by molar-refractivity contribution is 7.89. The molecule has 2 aromatic carbocycles. The summed E-state index contributed by atoms with van der Waals surface area (Å²) >= 11 is 6.20. The number of sulfonamides is 1. The molecule has 2 aromatic rings. The second-order valence-electron chi connectivity index (χ2n) is 6.40. The van der Waals surface area contributed by atoms with Crippen LogP contribution in [-0.2, 0) is 14.8 Å². The number of benzene rings is 2. The van der Waals surface area contributed by atoms with Gasteiger partial charge >= 0.3 is 0 Å². The molecule has 0 spiro atoms. The molecule has 0 bridgehead atoms. The standard InChI is InChI=1S/C20H24ClN3O4S/c1-5-24(6-2)29(27,28)16-9-7-13(3)17(12-16)20(26)23-19-10-8-15(11-18(19)21)22-14(4)25/h7-12H,5-6H2,1-4H3,(H,22,25)(H,23,26). The van der Waals surface area contributed by atoms with Gasteiger partial charge in [-0.05, 0) is 42.8 Å². The number of hydrogen-bond acceptors (Lipinski definition) is 4. The van der Waals surface area contributed by atoms with Crippen molar-refractivity contribution in [2.45, 2.75) is 32.6 Å². The van der Waals surface area contributed by atoms with Crippen LogP contribution in [0.4, 0.5) is 11.4 Å². The quantitative estimate of drug-likeness (QED) is 0.686. The van der Waals surface area contributed by atoms with Crippen molar-refractivity contribution < 1.29 is 18.0 Å². The van der Waals surface area contributed by atoms with Crippen molar-refractivity contribution in [3.63, 3.8) is 0 Å². The Morgan fingerprint density at radius 1 is 1.03 bits per heavy atom. The molecule has 0 atom stereocenters. The van der Waals surface area contributed by atoms with Crippen LogP contribution in [0.5, 0.6) is 0 Å². The highest BCUT2D eigenvalue weighted by Crippen LogP contribution is 2.27. The monoisotopic (exact) mass is 437 g/mol. The summed E-state index contributed by atoms with van der Waals surface area (Å²) in [6.07, 6.45) is 0. The van der Waals surface area contributed by atoms with E-state index >= 15 is 0 Å². The largest absolute Gasteiger partial charge is 0.326 e. The van der Waals surface area contributed by atoms with Crippen molar-refractivity contribution >= 4 is 44.8 Å². The van der Waals surface area contributed by atoms with Gasteiger partial charge in [0.15, 0.2) is 0 Å². The fraction of sp³-hybridized carbons (Fsp3) is 0.300. The van der Waals surface area contributed by atoms with Crippen LogP contribution in [0, 0.1) is 6.92 Å². The molecule has 0 saturated carbocycles. The van der Waals surface area contributed by atoms with E-state index in [0.29, 0.717) is 30.0 Å². The molecule has 7 nitrogen and oxygen atoms in total. The van der Waals surface area contributed by atoms with Crippen molar-refractivity contribution in [3.05, 3.63) is 52.5 Å². The summed E-state index contributed by atoms with van der Waals surface area (Å²) in [7, 11) is -3.69. The molecule has 0 radical (unpaired) electrons. The molecule has 0 fully saturated rings. The van der Waals surface area contributed by atoms with E-state index in [2.05, 4.69) is 10.6 Å². The van der Waals surface area contributed by atoms with Gasteiger partial charge < -0.3 is 10.6 Å². The van der Waals surface area contributed by atoms with Crippen LogP contribution >= 0.6 is 11.6 Å². The van der Waals surface area contributed by atoms with Crippen molar-refractivity contribution in [1.29, 1.82) is 0 Å². The van der Waals surface area contributed by atoms with E-state index in [1.54, 1.807) is 39.0 Å². The number of halogens is 1. The van der Waals surface area contributed by atoms with Gasteiger partial charge in [-0.15, -0.1) is 0 Å². The molecule has 0 aliphatic rings. The Bertz CT molecular complexity index is 1030. The van der Waals surface area contributed by atoms with E-state index in [9.17, 15) is 18.0 Å². The molecule has 0 saturated heterocycles. The number of aryl methyl sites for hydroxylation is 1. The molecule has 0 aliphatic heterocycles. The van der Waals surface area contributed by atoms with Crippen LogP contribution in [0.25, 0.3) is 0 Å². The molecule has 0 aromatic heterocycles. The Labute approximate surface area is 176 Å². The van der Waals surface area contributed by atoms with Crippen molar-refractivity contribution in [2.75, 3.05) is 23.7 Å². The normalized spacial score (nSPS) is 11.4. The number of rotatable bonds is 7. The third-order valence-corrected chi connectivity index (χ3v) is 6.69. The van der Waals surface area contributed by atoms with Gasteiger partial charge in [0.2, 0.25) is 15.9 Å². The molecule has 0 aliphatic carbocycles. The SMILES string of the molecule is CCN(CC)S(=O)(=O)c1ccc(C)c(C(=O)Nc2ccc(NC(C)=O)cc2Cl)c1. The molecule has 0 unspecified atom stereocenters. The average molecular weight is 438 g/mol. The van der Waals surface area contributed by atoms with Gasteiger partial charge in [-0.2, -0.15) is 4.31 Å². The van der Waals surface area contributed by atoms with E-state index in [4.69, 9.17) is 11.6 Å². The molecule has 2 amide bonds. The third kappa shape index (κ3) is 5.35. The summed E-state index contributed by atoms with van der Waals surface area (Å²) in [4.78, 5) is 24.0. The summed E-state index contributed by atoms with van der Waals surface area (Å²) in [6, 6.07) is 9.17. The minimum Gasteiger partial charge on any atom is -0.326 e. The molecule has 2 rings (SSSR count). The zero-order chi connectivity index (χ0) is 21.8. The zero-order valence-electron chi connectivity index (χ0n) is 16.7. The molecule has 156 valence electrons. The van der Waals surface area contributed by atoms with Gasteiger partial charge in [-0.25, -0.2) is 8.42 Å². The maximum Gasteiger partial charge on any atom is 0.256 e. The predicted octanol–water partition coefficient (Wildman–Crippen LogP) is 3.89. The number of anilines is 2. The van der Waals surface area contributed by atoms with E-state index in [0.717, 1.165) is 0 Å². The van der Waals surface area contributed by atoms with Crippen LogP contribution in [-0.4, -0.2) is 37.6 Å². The predicted molar refractivity (Wildman–Crippen MR) is 115 cm³/mol. The molecular weight excluding hydrogens is 414 g/mol. The lowest BCUT2D eigenvalue weighted by molar-refractivity contribution is -0.114. The van der Waals surface area contributed by atoms with Crippen molar-refractivity contribution in [1.82, 2.24) is 4.31 Å². The minimum atomic E-state index is -3.69. The molecule has 0 heterocycles. The number of nitrogens with one attached hydrogen (secondary N) is 2. The molecule has 29 heavy (non-hydrogen) atoms. The van der Waals surface area contributed by atoms with Crippen LogP contribution in [0.15, 0.2) is 41.3 Å². The summed E-state index contributed by atoms with van der Waals surface area (Å²) in [5, 5.41) is 5.54. The lowest BCUT2D eigenvalue weighted by atomic mass is 10.1. The number of nitrogens with zero attached hydrogens (tertiary/aromatic N) is 1. The smallest absolute Gasteiger partial charge is 0.256 e. The number of hydrogen-bond donors (Lipinski definition) is 2. The Morgan fingerprint density at radius 2 is 1.69 bits per heavy atom. The molecular formula is C20H24ClN3O4S. The summed E-state index contributed by atoms with van der Waals surface area (Å²) in [5.41, 5.74) is 1.72. The number of amides is 2. The second-order valence-corrected chi connectivity index (χ2v) is 8.74. The summed E-state index contributed by atoms with van der Waals surface area (Å²) in [6.45, 7) is 7.30. The zero-order valence-corrected chi connectivity index (χ0v) is 18.3. The van der Waals surface area contributed by atoms with E-state index in [-0.39, 0.29) is 21.4 Å². The van der Waals surface area contributed by atoms with Gasteiger partial charge in [0.25, 0.3) is 5.91 Å². The Morgan fingerprint density at radius 3 is 2.24 bits per heavy atom. The first-order chi connectivity index (χ1) is 13.6. The van der Waals surface area contributed by atoms with Crippen LogP contribution in [0.3, 0.4) is 0 Å². The van der Waals surface area contributed by atoms with E-state index in [1.807, 2.05) is 0 Å². The first-order valence-electron chi connectivity index (χ1n) is 9.09. The van der Waals surface area contributed by atoms with Gasteiger partial charge in [0.05, 0.1) is 15.6 Å². The summed E-state index contributed by atoms with van der Waals surface area (Å²) in [5.74, 6) is -0.715. The maximum atomic E-state index is 12.8. The maximum absolute atomic E-state index is 12.8. The topological polar surface area (TPSA) is 95.6 Å². The molecule has 2 N–H and O–H groups in total. The third-order valence-electron chi connectivity index (χ3n) is 4.33. The van der Waals surface area contributed by atoms with Crippen LogP contribution in [0.1, 0.15) is 36.7 Å².